The van der Waals surface area contributed by atoms with Gasteiger partial charge in [0, 0.05) is 29.3 Å². The molecule has 0 bridgehead atoms. The number of nitrogens with one attached hydrogen (secondary N) is 2. The summed E-state index contributed by atoms with van der Waals surface area (Å²) in [5.41, 5.74) is 4.99. The molecule has 0 aliphatic carbocycles. The Hall–Kier alpha value is -3.68. The molecule has 26 heavy (non-hydrogen) atoms. The van der Waals surface area contributed by atoms with E-state index in [2.05, 4.69) is 20.5 Å². The van der Waals surface area contributed by atoms with Gasteiger partial charge in [-0.2, -0.15) is 5.10 Å². The second-order valence-electron chi connectivity index (χ2n) is 5.66. The highest BCUT2D eigenvalue weighted by Crippen LogP contribution is 2.22. The maximum Gasteiger partial charge on any atom is 0.337 e. The van der Waals surface area contributed by atoms with Gasteiger partial charge in [0.15, 0.2) is 0 Å². The first-order valence-corrected chi connectivity index (χ1v) is 7.83. The number of hydrazone groups is 1. The molecule has 2 aromatic heterocycles. The third-order valence-electron chi connectivity index (χ3n) is 3.87. The van der Waals surface area contributed by atoms with Crippen LogP contribution in [0.4, 0.5) is 0 Å². The highest BCUT2D eigenvalue weighted by atomic mass is 16.4. The van der Waals surface area contributed by atoms with Gasteiger partial charge in [-0.05, 0) is 44.2 Å². The van der Waals surface area contributed by atoms with Crippen molar-refractivity contribution in [3.63, 3.8) is 0 Å². The molecule has 132 valence electrons. The average Bonchev–Trinajstić information content (AvgIpc) is 3.24. The zero-order valence-electron chi connectivity index (χ0n) is 14.2. The fourth-order valence-corrected chi connectivity index (χ4v) is 2.65. The van der Waals surface area contributed by atoms with Crippen LogP contribution in [0.15, 0.2) is 47.8 Å². The Labute approximate surface area is 149 Å². The van der Waals surface area contributed by atoms with E-state index in [0.717, 1.165) is 11.4 Å². The van der Waals surface area contributed by atoms with E-state index in [1.807, 2.05) is 26.0 Å². The molecular formula is C18H17N5O3. The van der Waals surface area contributed by atoms with E-state index in [9.17, 15) is 14.7 Å². The van der Waals surface area contributed by atoms with Crippen LogP contribution in [-0.4, -0.2) is 37.7 Å². The number of carboxylic acids is 1. The van der Waals surface area contributed by atoms with Crippen molar-refractivity contribution in [3.8, 4) is 5.69 Å². The van der Waals surface area contributed by atoms with Crippen LogP contribution in [0.5, 0.6) is 0 Å². The van der Waals surface area contributed by atoms with E-state index in [0.29, 0.717) is 17.1 Å². The van der Waals surface area contributed by atoms with Crippen LogP contribution >= 0.6 is 0 Å². The van der Waals surface area contributed by atoms with Gasteiger partial charge in [-0.15, -0.1) is 0 Å². The number of hydrogen-bond donors (Lipinski definition) is 3. The smallest absolute Gasteiger partial charge is 0.337 e. The number of carbonyl (C=O) groups excluding carboxylic acids is 1. The fourth-order valence-electron chi connectivity index (χ4n) is 2.65. The number of nitrogens with zero attached hydrogens (tertiary/aromatic N) is 3. The minimum Gasteiger partial charge on any atom is -0.478 e. The number of amides is 1. The predicted octanol–water partition coefficient (Wildman–Crippen LogP) is 2.28. The van der Waals surface area contributed by atoms with Crippen molar-refractivity contribution in [2.24, 2.45) is 5.10 Å². The molecule has 1 amide bonds. The SMILES string of the molecule is Cc1ccc(C)n1-c1cc(C(=O)N/N=C\c2ncc[nH]2)ccc1C(=O)O. The molecule has 1 aromatic carbocycles. The molecular weight excluding hydrogens is 334 g/mol. The number of rotatable bonds is 5. The molecule has 0 saturated carbocycles. The van der Waals surface area contributed by atoms with Crippen molar-refractivity contribution < 1.29 is 14.7 Å². The summed E-state index contributed by atoms with van der Waals surface area (Å²) < 4.78 is 1.80. The van der Waals surface area contributed by atoms with Gasteiger partial charge in [0.1, 0.15) is 5.82 Å². The van der Waals surface area contributed by atoms with E-state index < -0.39 is 11.9 Å². The molecule has 0 aliphatic heterocycles. The molecule has 0 fully saturated rings. The van der Waals surface area contributed by atoms with Crippen LogP contribution < -0.4 is 5.43 Å². The van der Waals surface area contributed by atoms with Crippen molar-refractivity contribution in [3.05, 3.63) is 71.1 Å². The summed E-state index contributed by atoms with van der Waals surface area (Å²) in [5.74, 6) is -1.01. The first-order valence-electron chi connectivity index (χ1n) is 7.83. The Morgan fingerprint density at radius 3 is 2.58 bits per heavy atom. The lowest BCUT2D eigenvalue weighted by molar-refractivity contribution is 0.0696. The van der Waals surface area contributed by atoms with Crippen LogP contribution in [0.2, 0.25) is 0 Å². The summed E-state index contributed by atoms with van der Waals surface area (Å²) in [7, 11) is 0. The first-order chi connectivity index (χ1) is 12.5. The number of hydrogen-bond acceptors (Lipinski definition) is 4. The van der Waals surface area contributed by atoms with Gasteiger partial charge in [-0.25, -0.2) is 15.2 Å². The Balaban J connectivity index is 1.93. The largest absolute Gasteiger partial charge is 0.478 e. The fraction of sp³-hybridized carbons (Fsp3) is 0.111. The van der Waals surface area contributed by atoms with E-state index in [1.165, 1.54) is 18.3 Å². The van der Waals surface area contributed by atoms with Gasteiger partial charge >= 0.3 is 5.97 Å². The van der Waals surface area contributed by atoms with Crippen LogP contribution in [0, 0.1) is 13.8 Å². The lowest BCUT2D eigenvalue weighted by Gasteiger charge is -2.14. The molecule has 0 atom stereocenters. The van der Waals surface area contributed by atoms with Crippen LogP contribution in [0.25, 0.3) is 5.69 Å². The standard InChI is InChI=1S/C18H17N5O3/c1-11-3-4-12(2)23(11)15-9-13(5-6-14(15)18(25)26)17(24)22-21-10-16-19-7-8-20-16/h3-10H,1-2H3,(H,19,20)(H,22,24)(H,25,26)/b21-10-. The predicted molar refractivity (Wildman–Crippen MR) is 95.9 cm³/mol. The minimum absolute atomic E-state index is 0.114. The number of aryl methyl sites for hydroxylation is 2. The van der Waals surface area contributed by atoms with Gasteiger partial charge in [0.2, 0.25) is 0 Å². The quantitative estimate of drug-likeness (QED) is 0.483. The summed E-state index contributed by atoms with van der Waals surface area (Å²) in [6, 6.07) is 8.20. The van der Waals surface area contributed by atoms with Crippen molar-refractivity contribution >= 4 is 18.1 Å². The summed E-state index contributed by atoms with van der Waals surface area (Å²) in [6.07, 6.45) is 4.59. The Morgan fingerprint density at radius 2 is 1.96 bits per heavy atom. The number of carboxylic acid groups (broad SMARTS) is 1. The molecule has 0 radical (unpaired) electrons. The number of aromatic amines is 1. The van der Waals surface area contributed by atoms with Crippen molar-refractivity contribution in [2.75, 3.05) is 0 Å². The average molecular weight is 351 g/mol. The Kier molecular flexibility index (Phi) is 4.66. The van der Waals surface area contributed by atoms with E-state index in [1.54, 1.807) is 23.0 Å². The van der Waals surface area contributed by atoms with Gasteiger partial charge in [-0.1, -0.05) is 0 Å². The number of imidazole rings is 1. The first kappa shape index (κ1) is 17.2. The lowest BCUT2D eigenvalue weighted by Crippen LogP contribution is -2.19. The normalized spacial score (nSPS) is 11.0. The van der Waals surface area contributed by atoms with Crippen molar-refractivity contribution in [1.82, 2.24) is 20.0 Å². The van der Waals surface area contributed by atoms with E-state index in [-0.39, 0.29) is 5.56 Å². The molecule has 3 N–H and O–H groups in total. The van der Waals surface area contributed by atoms with E-state index >= 15 is 0 Å². The molecule has 3 rings (SSSR count). The summed E-state index contributed by atoms with van der Waals surface area (Å²) >= 11 is 0. The monoisotopic (exact) mass is 351 g/mol. The second-order valence-corrected chi connectivity index (χ2v) is 5.66. The molecule has 2 heterocycles. The van der Waals surface area contributed by atoms with Crippen LogP contribution in [0.1, 0.15) is 37.9 Å². The Bertz CT molecular complexity index is 967. The molecule has 0 spiro atoms. The van der Waals surface area contributed by atoms with Crippen LogP contribution in [-0.2, 0) is 0 Å². The zero-order valence-corrected chi connectivity index (χ0v) is 14.2. The topological polar surface area (TPSA) is 112 Å². The number of H-pyrrole nitrogens is 1. The van der Waals surface area contributed by atoms with Gasteiger partial charge < -0.3 is 14.7 Å². The summed E-state index contributed by atoms with van der Waals surface area (Å²) in [5, 5.41) is 13.3. The molecule has 0 aliphatic rings. The minimum atomic E-state index is -1.06. The molecule has 3 aromatic rings. The highest BCUT2D eigenvalue weighted by Gasteiger charge is 2.17. The maximum absolute atomic E-state index is 12.3. The zero-order chi connectivity index (χ0) is 18.7. The molecule has 8 nitrogen and oxygen atoms in total. The number of benzene rings is 1. The summed E-state index contributed by atoms with van der Waals surface area (Å²) in [4.78, 5) is 30.7. The molecule has 8 heteroatoms. The number of carbonyl (C=O) groups is 2. The lowest BCUT2D eigenvalue weighted by atomic mass is 10.1. The highest BCUT2D eigenvalue weighted by molar-refractivity contribution is 5.98. The van der Waals surface area contributed by atoms with Gasteiger partial charge in [0.05, 0.1) is 17.5 Å². The molecule has 0 unspecified atom stereocenters. The number of aromatic carboxylic acids is 1. The number of aromatic nitrogens is 3. The van der Waals surface area contributed by atoms with Gasteiger partial charge in [-0.3, -0.25) is 4.79 Å². The van der Waals surface area contributed by atoms with Gasteiger partial charge in [0.25, 0.3) is 5.91 Å². The Morgan fingerprint density at radius 1 is 1.23 bits per heavy atom. The second kappa shape index (κ2) is 7.06. The maximum atomic E-state index is 12.3. The summed E-state index contributed by atoms with van der Waals surface area (Å²) in [6.45, 7) is 3.75. The molecule has 0 saturated heterocycles. The third kappa shape index (κ3) is 3.39. The third-order valence-corrected chi connectivity index (χ3v) is 3.87. The van der Waals surface area contributed by atoms with Crippen molar-refractivity contribution in [1.29, 1.82) is 0 Å². The van der Waals surface area contributed by atoms with Crippen LogP contribution in [0.3, 0.4) is 0 Å². The van der Waals surface area contributed by atoms with Crippen molar-refractivity contribution in [2.45, 2.75) is 13.8 Å². The van der Waals surface area contributed by atoms with E-state index in [4.69, 9.17) is 0 Å².